The van der Waals surface area contributed by atoms with Crippen molar-refractivity contribution in [2.75, 3.05) is 28.4 Å². The molecule has 0 bridgehead atoms. The SMILES string of the molecule is COc1cc(C2/C(=C\c3cc(OC)c(OC)c(OC)c3)C(=O)c3cccn32)ccc1O. The second kappa shape index (κ2) is 8.10. The Hall–Kier alpha value is -3.87. The zero-order chi connectivity index (χ0) is 22.1. The Morgan fingerprint density at radius 3 is 2.19 bits per heavy atom. The van der Waals surface area contributed by atoms with Crippen molar-refractivity contribution >= 4 is 11.9 Å². The summed E-state index contributed by atoms with van der Waals surface area (Å²) in [6.07, 6.45) is 3.69. The molecule has 0 fully saturated rings. The van der Waals surface area contributed by atoms with Crippen LogP contribution in [0.4, 0.5) is 0 Å². The summed E-state index contributed by atoms with van der Waals surface area (Å²) in [5.41, 5.74) is 2.73. The van der Waals surface area contributed by atoms with Gasteiger partial charge in [-0.25, -0.2) is 0 Å². The maximum absolute atomic E-state index is 13.2. The smallest absolute Gasteiger partial charge is 0.207 e. The van der Waals surface area contributed by atoms with E-state index in [9.17, 15) is 9.90 Å². The number of fused-ring (bicyclic) bond motifs is 1. The molecule has 160 valence electrons. The van der Waals surface area contributed by atoms with Gasteiger partial charge in [0.1, 0.15) is 0 Å². The number of ether oxygens (including phenoxy) is 4. The molecule has 0 aliphatic carbocycles. The van der Waals surface area contributed by atoms with Gasteiger partial charge in [0.2, 0.25) is 11.5 Å². The highest BCUT2D eigenvalue weighted by Gasteiger charge is 2.35. The number of hydrogen-bond acceptors (Lipinski definition) is 6. The van der Waals surface area contributed by atoms with Crippen LogP contribution in [0.1, 0.15) is 27.7 Å². The molecule has 7 nitrogen and oxygen atoms in total. The minimum atomic E-state index is -0.369. The Bertz CT molecular complexity index is 1150. The molecule has 4 rings (SSSR count). The van der Waals surface area contributed by atoms with Crippen molar-refractivity contribution in [1.82, 2.24) is 4.57 Å². The summed E-state index contributed by atoms with van der Waals surface area (Å²) in [4.78, 5) is 13.2. The second-order valence-corrected chi connectivity index (χ2v) is 7.02. The fraction of sp³-hybridized carbons (Fsp3) is 0.208. The highest BCUT2D eigenvalue weighted by Crippen LogP contribution is 2.43. The van der Waals surface area contributed by atoms with Crippen LogP contribution in [0.15, 0.2) is 54.2 Å². The number of carbonyl (C=O) groups excluding carboxylic acids is 1. The van der Waals surface area contributed by atoms with Gasteiger partial charge in [-0.15, -0.1) is 0 Å². The average Bonchev–Trinajstić information content (AvgIpc) is 3.36. The van der Waals surface area contributed by atoms with E-state index >= 15 is 0 Å². The lowest BCUT2D eigenvalue weighted by Crippen LogP contribution is -2.07. The number of nitrogens with zero attached hydrogens (tertiary/aromatic N) is 1. The van der Waals surface area contributed by atoms with Crippen molar-refractivity contribution in [1.29, 1.82) is 0 Å². The molecule has 3 aromatic rings. The van der Waals surface area contributed by atoms with Crippen molar-refractivity contribution in [3.05, 3.63) is 71.1 Å². The molecule has 1 atom stereocenters. The zero-order valence-corrected chi connectivity index (χ0v) is 17.7. The molecule has 1 unspecified atom stereocenters. The largest absolute Gasteiger partial charge is 0.504 e. The van der Waals surface area contributed by atoms with Crippen LogP contribution in [0.5, 0.6) is 28.7 Å². The van der Waals surface area contributed by atoms with Gasteiger partial charge < -0.3 is 28.6 Å². The van der Waals surface area contributed by atoms with Gasteiger partial charge in [-0.1, -0.05) is 6.07 Å². The summed E-state index contributed by atoms with van der Waals surface area (Å²) in [6, 6.07) is 12.0. The molecule has 0 saturated carbocycles. The summed E-state index contributed by atoms with van der Waals surface area (Å²) < 4.78 is 23.5. The van der Waals surface area contributed by atoms with Gasteiger partial charge in [0.25, 0.3) is 0 Å². The maximum atomic E-state index is 13.2. The number of phenolic OH excluding ortho intramolecular Hbond substituents is 1. The van der Waals surface area contributed by atoms with Gasteiger partial charge in [-0.3, -0.25) is 4.79 Å². The van der Waals surface area contributed by atoms with E-state index in [0.29, 0.717) is 34.3 Å². The van der Waals surface area contributed by atoms with Crippen molar-refractivity contribution in [2.45, 2.75) is 6.04 Å². The topological polar surface area (TPSA) is 79.2 Å². The average molecular weight is 421 g/mol. The van der Waals surface area contributed by atoms with Crippen LogP contribution in [0.3, 0.4) is 0 Å². The zero-order valence-electron chi connectivity index (χ0n) is 17.7. The number of allylic oxidation sites excluding steroid dienone is 1. The van der Waals surface area contributed by atoms with E-state index < -0.39 is 0 Å². The third-order valence-corrected chi connectivity index (χ3v) is 5.38. The van der Waals surface area contributed by atoms with Crippen molar-refractivity contribution in [2.24, 2.45) is 0 Å². The number of aromatic nitrogens is 1. The molecule has 1 N–H and O–H groups in total. The number of phenols is 1. The first-order chi connectivity index (χ1) is 15.0. The molecule has 31 heavy (non-hydrogen) atoms. The number of benzene rings is 2. The van der Waals surface area contributed by atoms with Crippen LogP contribution in [-0.2, 0) is 0 Å². The molecule has 2 aromatic carbocycles. The van der Waals surface area contributed by atoms with E-state index in [1.165, 1.54) is 7.11 Å². The predicted molar refractivity (Wildman–Crippen MR) is 116 cm³/mol. The number of methoxy groups -OCH3 is 4. The summed E-state index contributed by atoms with van der Waals surface area (Å²) in [6.45, 7) is 0. The highest BCUT2D eigenvalue weighted by atomic mass is 16.5. The van der Waals surface area contributed by atoms with Crippen LogP contribution >= 0.6 is 0 Å². The van der Waals surface area contributed by atoms with E-state index in [-0.39, 0.29) is 17.6 Å². The van der Waals surface area contributed by atoms with E-state index in [2.05, 4.69) is 0 Å². The molecule has 0 spiro atoms. The molecule has 2 heterocycles. The standard InChI is InChI=1S/C24H23NO6/c1-28-19-13-15(7-8-18(19)26)22-16(23(27)17-6-5-9-25(17)22)10-14-11-20(29-2)24(31-4)21(12-14)30-3/h5-13,22,26H,1-4H3/b16-10+. The molecule has 0 amide bonds. The molecule has 7 heteroatoms. The lowest BCUT2D eigenvalue weighted by atomic mass is 9.95. The van der Waals surface area contributed by atoms with Gasteiger partial charge >= 0.3 is 0 Å². The summed E-state index contributed by atoms with van der Waals surface area (Å²) in [5.74, 6) is 1.80. The molecule has 0 radical (unpaired) electrons. The van der Waals surface area contributed by atoms with Gasteiger partial charge in [-0.2, -0.15) is 0 Å². The number of carbonyl (C=O) groups is 1. The molecule has 1 aliphatic heterocycles. The van der Waals surface area contributed by atoms with Crippen molar-refractivity contribution in [3.63, 3.8) is 0 Å². The van der Waals surface area contributed by atoms with E-state index in [0.717, 1.165) is 11.1 Å². The Kier molecular flexibility index (Phi) is 5.33. The van der Waals surface area contributed by atoms with Crippen LogP contribution in [0, 0.1) is 0 Å². The third-order valence-electron chi connectivity index (χ3n) is 5.38. The fourth-order valence-corrected chi connectivity index (χ4v) is 3.95. The minimum Gasteiger partial charge on any atom is -0.504 e. The van der Waals surface area contributed by atoms with Crippen LogP contribution in [-0.4, -0.2) is 43.9 Å². The van der Waals surface area contributed by atoms with E-state index in [1.807, 2.05) is 22.9 Å². The molecule has 0 saturated heterocycles. The number of aromatic hydroxyl groups is 1. The molecular weight excluding hydrogens is 398 g/mol. The number of hydrogen-bond donors (Lipinski definition) is 1. The second-order valence-electron chi connectivity index (χ2n) is 7.02. The monoisotopic (exact) mass is 421 g/mol. The maximum Gasteiger partial charge on any atom is 0.207 e. The van der Waals surface area contributed by atoms with Gasteiger partial charge in [-0.05, 0) is 53.6 Å². The minimum absolute atomic E-state index is 0.0402. The number of rotatable bonds is 6. The normalized spacial score (nSPS) is 16.3. The Labute approximate surface area is 180 Å². The summed E-state index contributed by atoms with van der Waals surface area (Å²) in [7, 11) is 6.13. The third kappa shape index (κ3) is 3.38. The Morgan fingerprint density at radius 2 is 1.58 bits per heavy atom. The first-order valence-corrected chi connectivity index (χ1v) is 9.62. The lowest BCUT2D eigenvalue weighted by Gasteiger charge is -2.17. The Morgan fingerprint density at radius 1 is 0.903 bits per heavy atom. The highest BCUT2D eigenvalue weighted by molar-refractivity contribution is 6.14. The van der Waals surface area contributed by atoms with Crippen LogP contribution in [0.25, 0.3) is 6.08 Å². The fourth-order valence-electron chi connectivity index (χ4n) is 3.95. The van der Waals surface area contributed by atoms with Crippen molar-refractivity contribution in [3.8, 4) is 28.7 Å². The number of Topliss-reactive ketones (excluding diaryl/α,β-unsaturated/α-hetero) is 1. The van der Waals surface area contributed by atoms with Gasteiger partial charge in [0.05, 0.1) is 40.2 Å². The molecule has 1 aliphatic rings. The Balaban J connectivity index is 1.88. The molecule has 1 aromatic heterocycles. The number of ketones is 1. The van der Waals surface area contributed by atoms with Crippen LogP contribution in [0.2, 0.25) is 0 Å². The predicted octanol–water partition coefficient (Wildman–Crippen LogP) is 4.10. The van der Waals surface area contributed by atoms with E-state index in [4.69, 9.17) is 18.9 Å². The lowest BCUT2D eigenvalue weighted by molar-refractivity contribution is 0.103. The quantitative estimate of drug-likeness (QED) is 0.604. The molecular formula is C24H23NO6. The van der Waals surface area contributed by atoms with E-state index in [1.54, 1.807) is 57.7 Å². The first-order valence-electron chi connectivity index (χ1n) is 9.62. The summed E-state index contributed by atoms with van der Waals surface area (Å²) >= 11 is 0. The summed E-state index contributed by atoms with van der Waals surface area (Å²) in [5, 5.41) is 10.00. The first kappa shape index (κ1) is 20.4. The van der Waals surface area contributed by atoms with Gasteiger partial charge in [0, 0.05) is 11.8 Å². The van der Waals surface area contributed by atoms with Gasteiger partial charge in [0.15, 0.2) is 23.0 Å². The van der Waals surface area contributed by atoms with Crippen molar-refractivity contribution < 1.29 is 28.8 Å². The van der Waals surface area contributed by atoms with Crippen LogP contribution < -0.4 is 18.9 Å².